The molecule has 15 heavy (non-hydrogen) atoms. The highest BCUT2D eigenvalue weighted by atomic mass is 16.4. The van der Waals surface area contributed by atoms with Crippen molar-refractivity contribution in [2.75, 3.05) is 0 Å². The maximum atomic E-state index is 10.8. The minimum absolute atomic E-state index is 0.0495. The summed E-state index contributed by atoms with van der Waals surface area (Å²) < 4.78 is 0. The van der Waals surface area contributed by atoms with Crippen molar-refractivity contribution in [3.05, 3.63) is 24.3 Å². The molecule has 0 heterocycles. The van der Waals surface area contributed by atoms with Crippen molar-refractivity contribution in [2.45, 2.75) is 26.2 Å². The SMILES string of the molecule is C=CCCCC=C(C(=O)O)C(C)C(=O)O. The van der Waals surface area contributed by atoms with Crippen molar-refractivity contribution in [1.82, 2.24) is 0 Å². The van der Waals surface area contributed by atoms with Crippen LogP contribution in [-0.4, -0.2) is 22.2 Å². The summed E-state index contributed by atoms with van der Waals surface area (Å²) in [7, 11) is 0. The summed E-state index contributed by atoms with van der Waals surface area (Å²) in [5.74, 6) is -3.25. The lowest BCUT2D eigenvalue weighted by molar-refractivity contribution is -0.143. The molecule has 0 amide bonds. The molecule has 0 aliphatic rings. The van der Waals surface area contributed by atoms with Gasteiger partial charge in [-0.2, -0.15) is 0 Å². The quantitative estimate of drug-likeness (QED) is 0.385. The van der Waals surface area contributed by atoms with Gasteiger partial charge in [-0.1, -0.05) is 12.2 Å². The Hall–Kier alpha value is -1.58. The smallest absolute Gasteiger partial charge is 0.332 e. The van der Waals surface area contributed by atoms with Crippen LogP contribution < -0.4 is 0 Å². The second kappa shape index (κ2) is 6.81. The van der Waals surface area contributed by atoms with Crippen molar-refractivity contribution in [2.24, 2.45) is 5.92 Å². The first-order valence-corrected chi connectivity index (χ1v) is 4.77. The van der Waals surface area contributed by atoms with Crippen molar-refractivity contribution in [3.63, 3.8) is 0 Å². The van der Waals surface area contributed by atoms with Crippen LogP contribution in [0, 0.1) is 5.92 Å². The van der Waals surface area contributed by atoms with Gasteiger partial charge in [0.1, 0.15) is 0 Å². The van der Waals surface area contributed by atoms with E-state index in [0.29, 0.717) is 6.42 Å². The molecule has 0 fully saturated rings. The molecular formula is C11H16O4. The fourth-order valence-corrected chi connectivity index (χ4v) is 1.10. The summed E-state index contributed by atoms with van der Waals surface area (Å²) in [4.78, 5) is 21.4. The molecule has 4 heteroatoms. The topological polar surface area (TPSA) is 74.6 Å². The van der Waals surface area contributed by atoms with E-state index < -0.39 is 17.9 Å². The van der Waals surface area contributed by atoms with Crippen LogP contribution in [0.15, 0.2) is 24.3 Å². The number of carboxylic acids is 2. The minimum atomic E-state index is -1.16. The molecular weight excluding hydrogens is 196 g/mol. The Labute approximate surface area is 88.9 Å². The molecule has 84 valence electrons. The normalized spacial score (nSPS) is 13.3. The number of allylic oxidation sites excluding steroid dienone is 2. The predicted molar refractivity (Wildman–Crippen MR) is 56.6 cm³/mol. The summed E-state index contributed by atoms with van der Waals surface area (Å²) in [5, 5.41) is 17.5. The minimum Gasteiger partial charge on any atom is -0.481 e. The fourth-order valence-electron chi connectivity index (χ4n) is 1.10. The Morgan fingerprint density at radius 1 is 1.33 bits per heavy atom. The summed E-state index contributed by atoms with van der Waals surface area (Å²) in [6.45, 7) is 4.92. The lowest BCUT2D eigenvalue weighted by Crippen LogP contribution is -2.18. The van der Waals surface area contributed by atoms with E-state index in [4.69, 9.17) is 10.2 Å². The average Bonchev–Trinajstić information content (AvgIpc) is 2.16. The van der Waals surface area contributed by atoms with Gasteiger partial charge in [0, 0.05) is 5.57 Å². The van der Waals surface area contributed by atoms with Crippen LogP contribution in [-0.2, 0) is 9.59 Å². The summed E-state index contributed by atoms with van der Waals surface area (Å²) in [6, 6.07) is 0. The van der Waals surface area contributed by atoms with E-state index in [1.54, 1.807) is 6.08 Å². The molecule has 4 nitrogen and oxygen atoms in total. The van der Waals surface area contributed by atoms with E-state index in [-0.39, 0.29) is 5.57 Å². The third-order valence-electron chi connectivity index (χ3n) is 2.06. The molecule has 0 radical (unpaired) electrons. The number of aliphatic carboxylic acids is 2. The lowest BCUT2D eigenvalue weighted by Gasteiger charge is -2.06. The summed E-state index contributed by atoms with van der Waals surface area (Å²) >= 11 is 0. The van der Waals surface area contributed by atoms with E-state index in [9.17, 15) is 9.59 Å². The van der Waals surface area contributed by atoms with E-state index in [1.807, 2.05) is 0 Å². The van der Waals surface area contributed by atoms with Gasteiger partial charge in [0.25, 0.3) is 0 Å². The molecule has 0 aromatic heterocycles. The molecule has 1 unspecified atom stereocenters. The number of unbranched alkanes of at least 4 members (excludes halogenated alkanes) is 2. The highest BCUT2D eigenvalue weighted by molar-refractivity contribution is 5.93. The van der Waals surface area contributed by atoms with E-state index in [1.165, 1.54) is 13.0 Å². The number of rotatable bonds is 7. The molecule has 0 rings (SSSR count). The first kappa shape index (κ1) is 13.4. The molecule has 0 aliphatic carbocycles. The highest BCUT2D eigenvalue weighted by Gasteiger charge is 2.21. The Morgan fingerprint density at radius 3 is 2.33 bits per heavy atom. The second-order valence-corrected chi connectivity index (χ2v) is 3.24. The van der Waals surface area contributed by atoms with Gasteiger partial charge in [-0.15, -0.1) is 6.58 Å². The van der Waals surface area contributed by atoms with Gasteiger partial charge in [0.05, 0.1) is 5.92 Å². The van der Waals surface area contributed by atoms with E-state index >= 15 is 0 Å². The molecule has 1 atom stereocenters. The van der Waals surface area contributed by atoms with Crippen LogP contribution in [0.3, 0.4) is 0 Å². The zero-order valence-corrected chi connectivity index (χ0v) is 8.77. The molecule has 0 aromatic carbocycles. The van der Waals surface area contributed by atoms with Gasteiger partial charge in [-0.25, -0.2) is 4.79 Å². The van der Waals surface area contributed by atoms with Gasteiger partial charge < -0.3 is 10.2 Å². The summed E-state index contributed by atoms with van der Waals surface area (Å²) in [6.07, 6.45) is 5.36. The van der Waals surface area contributed by atoms with Crippen LogP contribution >= 0.6 is 0 Å². The molecule has 0 saturated carbocycles. The first-order valence-electron chi connectivity index (χ1n) is 4.77. The number of hydrogen-bond acceptors (Lipinski definition) is 2. The van der Waals surface area contributed by atoms with Crippen molar-refractivity contribution in [3.8, 4) is 0 Å². The third-order valence-corrected chi connectivity index (χ3v) is 2.06. The number of hydrogen-bond donors (Lipinski definition) is 2. The second-order valence-electron chi connectivity index (χ2n) is 3.24. The van der Waals surface area contributed by atoms with Gasteiger partial charge in [0.15, 0.2) is 0 Å². The molecule has 0 aromatic rings. The van der Waals surface area contributed by atoms with Crippen molar-refractivity contribution >= 4 is 11.9 Å². The van der Waals surface area contributed by atoms with Crippen LogP contribution in [0.1, 0.15) is 26.2 Å². The van der Waals surface area contributed by atoms with Gasteiger partial charge in [-0.05, 0) is 26.2 Å². The highest BCUT2D eigenvalue weighted by Crippen LogP contribution is 2.13. The largest absolute Gasteiger partial charge is 0.481 e. The van der Waals surface area contributed by atoms with Crippen molar-refractivity contribution < 1.29 is 19.8 Å². The Balaban J connectivity index is 4.44. The summed E-state index contributed by atoms with van der Waals surface area (Å²) in [5.41, 5.74) is -0.0495. The van der Waals surface area contributed by atoms with E-state index in [0.717, 1.165) is 12.8 Å². The molecule has 0 spiro atoms. The standard InChI is InChI=1S/C11H16O4/c1-3-4-5-6-7-9(11(14)15)8(2)10(12)13/h3,7-8H,1,4-6H2,2H3,(H,12,13)(H,14,15). The van der Waals surface area contributed by atoms with Gasteiger partial charge >= 0.3 is 11.9 Å². The van der Waals surface area contributed by atoms with Gasteiger partial charge in [-0.3, -0.25) is 4.79 Å². The van der Waals surface area contributed by atoms with Crippen LogP contribution in [0.25, 0.3) is 0 Å². The van der Waals surface area contributed by atoms with Crippen LogP contribution in [0.2, 0.25) is 0 Å². The van der Waals surface area contributed by atoms with Crippen LogP contribution in [0.4, 0.5) is 0 Å². The number of carboxylic acid groups (broad SMARTS) is 2. The third kappa shape index (κ3) is 5.00. The zero-order chi connectivity index (χ0) is 11.8. The Bertz CT molecular complexity index is 278. The predicted octanol–water partition coefficient (Wildman–Crippen LogP) is 2.07. The van der Waals surface area contributed by atoms with Gasteiger partial charge in [0.2, 0.25) is 0 Å². The monoisotopic (exact) mass is 212 g/mol. The maximum Gasteiger partial charge on any atom is 0.332 e. The van der Waals surface area contributed by atoms with Crippen LogP contribution in [0.5, 0.6) is 0 Å². The lowest BCUT2D eigenvalue weighted by atomic mass is 9.99. The van der Waals surface area contributed by atoms with E-state index in [2.05, 4.69) is 6.58 Å². The van der Waals surface area contributed by atoms with Crippen molar-refractivity contribution in [1.29, 1.82) is 0 Å². The first-order chi connectivity index (χ1) is 7.00. The molecule has 0 aliphatic heterocycles. The zero-order valence-electron chi connectivity index (χ0n) is 8.77. The fraction of sp³-hybridized carbons (Fsp3) is 0.455. The molecule has 0 bridgehead atoms. The molecule has 2 N–H and O–H groups in total. The maximum absolute atomic E-state index is 10.8. The Morgan fingerprint density at radius 2 is 1.93 bits per heavy atom. The number of carbonyl (C=O) groups is 2. The molecule has 0 saturated heterocycles. The Kier molecular flexibility index (Phi) is 6.09. The average molecular weight is 212 g/mol.